The van der Waals surface area contributed by atoms with Gasteiger partial charge in [-0.25, -0.2) is 16.8 Å². The van der Waals surface area contributed by atoms with Crippen molar-refractivity contribution in [2.75, 3.05) is 95.3 Å². The summed E-state index contributed by atoms with van der Waals surface area (Å²) in [6.45, 7) is 8.59. The van der Waals surface area contributed by atoms with Crippen molar-refractivity contribution >= 4 is 98.4 Å². The molecule has 0 atom stereocenters. The molecule has 0 saturated carbocycles. The molecule has 8 aromatic rings. The van der Waals surface area contributed by atoms with Crippen molar-refractivity contribution in [3.8, 4) is 11.5 Å². The summed E-state index contributed by atoms with van der Waals surface area (Å²) in [5.74, 6) is 1.55. The number of ether oxygens (including phenoxy) is 2. The van der Waals surface area contributed by atoms with Crippen LogP contribution in [0.5, 0.6) is 11.5 Å². The van der Waals surface area contributed by atoms with Gasteiger partial charge in [-0.2, -0.15) is 10.2 Å². The Hall–Kier alpha value is -5.62. The molecule has 3 aliphatic rings. The number of rotatable bonds is 9. The maximum Gasteiger partial charge on any atom is 0.226 e. The van der Waals surface area contributed by atoms with E-state index in [1.165, 1.54) is 0 Å². The highest BCUT2D eigenvalue weighted by atomic mass is 35.5. The molecule has 0 spiro atoms. The normalized spacial score (nSPS) is 15.5. The molecule has 0 aliphatic carbocycles. The van der Waals surface area contributed by atoms with E-state index in [-0.39, 0.29) is 47.1 Å². The van der Waals surface area contributed by atoms with Gasteiger partial charge in [-0.3, -0.25) is 9.78 Å². The van der Waals surface area contributed by atoms with Gasteiger partial charge in [0.1, 0.15) is 35.7 Å². The minimum atomic E-state index is -3.87. The summed E-state index contributed by atoms with van der Waals surface area (Å²) in [7, 11) is -3.49. The summed E-state index contributed by atoms with van der Waals surface area (Å²) in [6, 6.07) is 33.5. The van der Waals surface area contributed by atoms with Crippen molar-refractivity contribution in [1.82, 2.24) is 29.8 Å². The first kappa shape index (κ1) is 50.3. The molecule has 1 N–H and O–H groups in total. The fraction of sp³-hybridized carbons (Fsp3) is 0.320. The van der Waals surface area contributed by atoms with Gasteiger partial charge < -0.3 is 29.1 Å². The topological polar surface area (TPSA) is 146 Å². The van der Waals surface area contributed by atoms with E-state index in [1.54, 1.807) is 28.9 Å². The van der Waals surface area contributed by atoms with E-state index in [4.69, 9.17) is 21.1 Å². The molecule has 6 aromatic carbocycles. The number of anilines is 2. The Labute approximate surface area is 409 Å². The first-order valence-corrected chi connectivity index (χ1v) is 25.2. The maximum absolute atomic E-state index is 13.9. The lowest BCUT2D eigenvalue weighted by Gasteiger charge is -2.34. The molecule has 0 bridgehead atoms. The van der Waals surface area contributed by atoms with Crippen molar-refractivity contribution in [3.05, 3.63) is 109 Å². The van der Waals surface area contributed by atoms with Crippen LogP contribution in [0.3, 0.4) is 0 Å². The fourth-order valence-corrected chi connectivity index (χ4v) is 12.3. The number of nitrogens with zero attached hydrogens (tertiary/aromatic N) is 7. The zero-order valence-electron chi connectivity index (χ0n) is 36.6. The van der Waals surface area contributed by atoms with E-state index in [1.807, 2.05) is 84.9 Å². The number of piperazine rings is 2. The molecule has 11 rings (SSSR count). The van der Waals surface area contributed by atoms with Crippen LogP contribution in [0.4, 0.5) is 11.4 Å². The lowest BCUT2D eigenvalue weighted by atomic mass is 10.1. The minimum absolute atomic E-state index is 0. The highest BCUT2D eigenvalue weighted by Crippen LogP contribution is 2.41. The highest BCUT2D eigenvalue weighted by Gasteiger charge is 2.32. The Bertz CT molecular complexity index is 3300. The summed E-state index contributed by atoms with van der Waals surface area (Å²) >= 11 is 5.86. The van der Waals surface area contributed by atoms with Gasteiger partial charge in [-0.05, 0) is 49.1 Å². The van der Waals surface area contributed by atoms with Gasteiger partial charge in [0.25, 0.3) is 0 Å². The van der Waals surface area contributed by atoms with Crippen molar-refractivity contribution in [3.63, 3.8) is 0 Å². The third kappa shape index (κ3) is 9.29. The van der Waals surface area contributed by atoms with Gasteiger partial charge in [-0.1, -0.05) is 87.6 Å². The molecule has 2 saturated heterocycles. The molecule has 18 heteroatoms. The van der Waals surface area contributed by atoms with Crippen molar-refractivity contribution in [2.45, 2.75) is 41.2 Å². The standard InChI is InChI=1S/C24H25ClN4O3S.C24H24N4O3S.2CH4.ClH/c1-28-10-12-29(13-11-28)18-15-20-23(21(16-18)32-14-9-25)26-27-24(20)33(30,31)22-8-4-6-17-5-2-3-7-19(17)22;1-26-9-11-27(12-10-26)18-15-20-23-21(16-18)31-14-13-28(23)25-24(20)32(29,30)22-8-4-6-17-5-2-3-7-19(17)22;;;/h2-8,15-16H,9-14H2,1H3,(H,26,27);2-8,15-16H,9-14H2,1H3;2*1H4;1H. The van der Waals surface area contributed by atoms with Gasteiger partial charge in [0, 0.05) is 97.4 Å². The summed E-state index contributed by atoms with van der Waals surface area (Å²) in [5.41, 5.74) is 3.14. The third-order valence-corrected chi connectivity index (χ3v) is 16.3. The molecule has 0 radical (unpaired) electrons. The summed E-state index contributed by atoms with van der Waals surface area (Å²) in [5, 5.41) is 16.2. The summed E-state index contributed by atoms with van der Waals surface area (Å²) in [4.78, 5) is 9.64. The molecule has 14 nitrogen and oxygen atoms in total. The first-order valence-electron chi connectivity index (χ1n) is 21.7. The van der Waals surface area contributed by atoms with Crippen LogP contribution in [0.15, 0.2) is 129 Å². The van der Waals surface area contributed by atoms with Crippen LogP contribution in [0, 0.1) is 0 Å². The van der Waals surface area contributed by atoms with Crippen LogP contribution in [-0.4, -0.2) is 132 Å². The number of hydrogen-bond donors (Lipinski definition) is 1. The van der Waals surface area contributed by atoms with E-state index in [0.29, 0.717) is 64.2 Å². The molecule has 0 amide bonds. The summed E-state index contributed by atoms with van der Waals surface area (Å²) < 4.78 is 69.1. The Morgan fingerprint density at radius 2 is 1.18 bits per heavy atom. The SMILES string of the molecule is C.C.CN1CCN(c2cc(OCCCl)c3n[nH]c(S(=O)(=O)c4cccc5ccccc45)c3c2)CC1.CN1CCN(c2cc3c4c(c2)c(S(=O)(=O)c2cccc5ccccc25)nn4CCO3)CC1.Cl. The monoisotopic (exact) mass is 1000 g/mol. The van der Waals surface area contributed by atoms with E-state index in [2.05, 4.69) is 49.0 Å². The number of nitrogens with one attached hydrogen (secondary N) is 1. The molecule has 2 fully saturated rings. The number of alkyl halides is 1. The number of hydrogen-bond acceptors (Lipinski definition) is 12. The fourth-order valence-electron chi connectivity index (χ4n) is 9.03. The number of likely N-dealkylation sites (N-methyl/N-ethyl adjacent to an activating group) is 2. The van der Waals surface area contributed by atoms with E-state index in [0.717, 1.165) is 80.0 Å². The lowest BCUT2D eigenvalue weighted by molar-refractivity contribution is 0.277. The molecule has 3 aliphatic heterocycles. The Morgan fingerprint density at radius 3 is 1.76 bits per heavy atom. The number of benzene rings is 6. The van der Waals surface area contributed by atoms with E-state index < -0.39 is 19.7 Å². The zero-order chi connectivity index (χ0) is 44.9. The van der Waals surface area contributed by atoms with Crippen molar-refractivity contribution in [1.29, 1.82) is 0 Å². The number of halogens is 2. The lowest BCUT2D eigenvalue weighted by Crippen LogP contribution is -2.44. The van der Waals surface area contributed by atoms with Crippen LogP contribution >= 0.6 is 24.0 Å². The number of sulfone groups is 2. The first-order chi connectivity index (χ1) is 31.5. The number of aromatic nitrogens is 4. The smallest absolute Gasteiger partial charge is 0.226 e. The molecule has 0 unspecified atom stereocenters. The van der Waals surface area contributed by atoms with Crippen molar-refractivity contribution < 1.29 is 26.3 Å². The van der Waals surface area contributed by atoms with E-state index >= 15 is 0 Å². The number of fused-ring (bicyclic) bond motifs is 3. The second kappa shape index (κ2) is 20.5. The maximum atomic E-state index is 13.9. The van der Waals surface area contributed by atoms with Crippen LogP contribution in [0.2, 0.25) is 0 Å². The van der Waals surface area contributed by atoms with Crippen LogP contribution < -0.4 is 19.3 Å². The van der Waals surface area contributed by atoms with Crippen LogP contribution in [0.25, 0.3) is 43.4 Å². The van der Waals surface area contributed by atoms with Crippen LogP contribution in [0.1, 0.15) is 14.9 Å². The highest BCUT2D eigenvalue weighted by molar-refractivity contribution is 7.92. The molecule has 68 heavy (non-hydrogen) atoms. The third-order valence-electron chi connectivity index (χ3n) is 12.6. The average Bonchev–Trinajstić information content (AvgIpc) is 3.95. The average molecular weight is 1000 g/mol. The van der Waals surface area contributed by atoms with E-state index in [9.17, 15) is 16.8 Å². The largest absolute Gasteiger partial charge is 0.490 e. The number of H-pyrrole nitrogens is 1. The predicted molar refractivity (Wildman–Crippen MR) is 276 cm³/mol. The van der Waals surface area contributed by atoms with Gasteiger partial charge >= 0.3 is 0 Å². The zero-order valence-corrected chi connectivity index (χ0v) is 39.8. The van der Waals surface area contributed by atoms with Gasteiger partial charge in [-0.15, -0.1) is 24.0 Å². The molecule has 360 valence electrons. The molecular weight excluding hydrogens is 944 g/mol. The minimum Gasteiger partial charge on any atom is -0.490 e. The molecule has 5 heterocycles. The Morgan fingerprint density at radius 1 is 0.647 bits per heavy atom. The second-order valence-electron chi connectivity index (χ2n) is 16.7. The van der Waals surface area contributed by atoms with Gasteiger partial charge in [0.15, 0.2) is 10.1 Å². The van der Waals surface area contributed by atoms with Crippen LogP contribution in [-0.2, 0) is 26.2 Å². The quantitative estimate of drug-likeness (QED) is 0.138. The Kier molecular flexibility index (Phi) is 15.2. The predicted octanol–water partition coefficient (Wildman–Crippen LogP) is 8.78. The Balaban J connectivity index is 0.000000193. The molecular formula is C50H58Cl2N8O6S2. The van der Waals surface area contributed by atoms with Crippen molar-refractivity contribution in [2.24, 2.45) is 0 Å². The summed E-state index contributed by atoms with van der Waals surface area (Å²) in [6.07, 6.45) is 0. The second-order valence-corrected chi connectivity index (χ2v) is 20.8. The molecule has 2 aromatic heterocycles. The van der Waals surface area contributed by atoms with Gasteiger partial charge in [0.05, 0.1) is 22.2 Å². The van der Waals surface area contributed by atoms with Gasteiger partial charge in [0.2, 0.25) is 19.7 Å². The number of aromatic amines is 1.